The maximum Gasteiger partial charge on any atom is 0.0815 e. The molecule has 0 saturated heterocycles. The Bertz CT molecular complexity index is 394. The molecule has 0 saturated carbocycles. The normalized spacial score (nSPS) is 11.2. The van der Waals surface area contributed by atoms with Crippen molar-refractivity contribution in [1.29, 1.82) is 0 Å². The molecule has 16 heavy (non-hydrogen) atoms. The first-order valence-electron chi connectivity index (χ1n) is 5.53. The summed E-state index contributed by atoms with van der Waals surface area (Å²) in [5.41, 5.74) is 5.82. The summed E-state index contributed by atoms with van der Waals surface area (Å²) in [7, 11) is 5.81. The lowest BCUT2D eigenvalue weighted by molar-refractivity contribution is 1.39. The van der Waals surface area contributed by atoms with Crippen molar-refractivity contribution in [2.45, 2.75) is 13.8 Å². The molecule has 0 atom stereocenters. The van der Waals surface area contributed by atoms with Crippen LogP contribution in [0.3, 0.4) is 0 Å². The Hall–Kier alpha value is -1.64. The maximum atomic E-state index is 3.26. The Balaban J connectivity index is 3.43. The number of nitrogens with one attached hydrogen (secondary N) is 3. The smallest absolute Gasteiger partial charge is 0.0815 e. The third-order valence-corrected chi connectivity index (χ3v) is 2.83. The second kappa shape index (κ2) is 5.45. The molecule has 0 aliphatic heterocycles. The zero-order valence-corrected chi connectivity index (χ0v) is 10.7. The van der Waals surface area contributed by atoms with Crippen LogP contribution >= 0.6 is 0 Å². The zero-order valence-electron chi connectivity index (χ0n) is 10.7. The van der Waals surface area contributed by atoms with Gasteiger partial charge in [-0.25, -0.2) is 0 Å². The van der Waals surface area contributed by atoms with Crippen molar-refractivity contribution in [3.63, 3.8) is 0 Å². The van der Waals surface area contributed by atoms with Crippen molar-refractivity contribution in [1.82, 2.24) is 0 Å². The topological polar surface area (TPSA) is 36.1 Å². The molecule has 0 aliphatic carbocycles. The molecular formula is C13H21N3. The summed E-state index contributed by atoms with van der Waals surface area (Å²) in [5.74, 6) is 0. The number of benzene rings is 1. The predicted molar refractivity (Wildman–Crippen MR) is 74.4 cm³/mol. The highest BCUT2D eigenvalue weighted by atomic mass is 15.0. The van der Waals surface area contributed by atoms with Gasteiger partial charge in [-0.3, -0.25) is 0 Å². The third-order valence-electron chi connectivity index (χ3n) is 2.83. The molecule has 3 nitrogen and oxygen atoms in total. The summed E-state index contributed by atoms with van der Waals surface area (Å²) in [5, 5.41) is 9.68. The van der Waals surface area contributed by atoms with Crippen LogP contribution in [0.4, 0.5) is 17.1 Å². The van der Waals surface area contributed by atoms with Gasteiger partial charge in [-0.2, -0.15) is 0 Å². The van der Waals surface area contributed by atoms with Gasteiger partial charge in [-0.15, -0.1) is 0 Å². The fourth-order valence-corrected chi connectivity index (χ4v) is 1.81. The minimum Gasteiger partial charge on any atom is -0.386 e. The van der Waals surface area contributed by atoms with E-state index in [-0.39, 0.29) is 0 Å². The van der Waals surface area contributed by atoms with Gasteiger partial charge in [-0.1, -0.05) is 12.1 Å². The van der Waals surface area contributed by atoms with Crippen LogP contribution in [0.15, 0.2) is 18.2 Å². The van der Waals surface area contributed by atoms with Gasteiger partial charge in [0.05, 0.1) is 17.1 Å². The maximum absolute atomic E-state index is 3.26. The van der Waals surface area contributed by atoms with E-state index < -0.39 is 0 Å². The number of hydrogen-bond acceptors (Lipinski definition) is 3. The highest BCUT2D eigenvalue weighted by Crippen LogP contribution is 2.36. The molecular weight excluding hydrogens is 198 g/mol. The molecule has 3 heteroatoms. The van der Waals surface area contributed by atoms with Crippen molar-refractivity contribution in [2.24, 2.45) is 0 Å². The molecule has 1 rings (SSSR count). The van der Waals surface area contributed by atoms with Crippen LogP contribution in [0.1, 0.15) is 19.4 Å². The van der Waals surface area contributed by atoms with E-state index in [1.54, 1.807) is 0 Å². The van der Waals surface area contributed by atoms with Gasteiger partial charge in [0.2, 0.25) is 0 Å². The van der Waals surface area contributed by atoms with Crippen molar-refractivity contribution in [2.75, 3.05) is 37.1 Å². The van der Waals surface area contributed by atoms with Crippen molar-refractivity contribution < 1.29 is 0 Å². The number of rotatable bonds is 4. The predicted octanol–water partition coefficient (Wildman–Crippen LogP) is 3.23. The standard InChI is InChI=1S/C13H21N3/c1-6-9(2)10-7-8-11(14-3)13(16-5)12(10)15-4/h6-8,14-16H,1-5H3/b9-6-. The second-order valence-electron chi connectivity index (χ2n) is 3.63. The highest BCUT2D eigenvalue weighted by Gasteiger charge is 2.11. The lowest BCUT2D eigenvalue weighted by Crippen LogP contribution is -2.04. The lowest BCUT2D eigenvalue weighted by Gasteiger charge is -2.18. The van der Waals surface area contributed by atoms with Gasteiger partial charge in [0.1, 0.15) is 0 Å². The summed E-state index contributed by atoms with van der Waals surface area (Å²) >= 11 is 0. The lowest BCUT2D eigenvalue weighted by atomic mass is 10.0. The van der Waals surface area contributed by atoms with E-state index in [2.05, 4.69) is 48.0 Å². The van der Waals surface area contributed by atoms with Gasteiger partial charge < -0.3 is 16.0 Å². The van der Waals surface area contributed by atoms with Crippen LogP contribution in [0.25, 0.3) is 5.57 Å². The number of anilines is 3. The Kier molecular flexibility index (Phi) is 4.23. The van der Waals surface area contributed by atoms with E-state index in [1.807, 2.05) is 21.1 Å². The first-order valence-corrected chi connectivity index (χ1v) is 5.53. The van der Waals surface area contributed by atoms with Crippen molar-refractivity contribution >= 4 is 22.6 Å². The zero-order chi connectivity index (χ0) is 12.1. The summed E-state index contributed by atoms with van der Waals surface area (Å²) in [4.78, 5) is 0. The number of hydrogen-bond donors (Lipinski definition) is 3. The molecule has 0 unspecified atom stereocenters. The van der Waals surface area contributed by atoms with Crippen LogP contribution in [0.5, 0.6) is 0 Å². The average Bonchev–Trinajstić information content (AvgIpc) is 2.35. The third kappa shape index (κ3) is 2.13. The van der Waals surface area contributed by atoms with Gasteiger partial charge >= 0.3 is 0 Å². The molecule has 88 valence electrons. The van der Waals surface area contributed by atoms with E-state index >= 15 is 0 Å². The van der Waals surface area contributed by atoms with E-state index in [0.717, 1.165) is 17.1 Å². The molecule has 0 heterocycles. The van der Waals surface area contributed by atoms with Crippen molar-refractivity contribution in [3.8, 4) is 0 Å². The highest BCUT2D eigenvalue weighted by molar-refractivity contribution is 5.91. The molecule has 3 N–H and O–H groups in total. The fraction of sp³-hybridized carbons (Fsp3) is 0.385. The summed E-state index contributed by atoms with van der Waals surface area (Å²) in [6.45, 7) is 4.18. The summed E-state index contributed by atoms with van der Waals surface area (Å²) < 4.78 is 0. The summed E-state index contributed by atoms with van der Waals surface area (Å²) in [6.07, 6.45) is 2.12. The Morgan fingerprint density at radius 3 is 2.06 bits per heavy atom. The van der Waals surface area contributed by atoms with Crippen molar-refractivity contribution in [3.05, 3.63) is 23.8 Å². The molecule has 0 amide bonds. The average molecular weight is 219 g/mol. The number of allylic oxidation sites excluding steroid dienone is 2. The Morgan fingerprint density at radius 1 is 1.00 bits per heavy atom. The van der Waals surface area contributed by atoms with E-state index in [4.69, 9.17) is 0 Å². The monoisotopic (exact) mass is 219 g/mol. The molecule has 0 fully saturated rings. The van der Waals surface area contributed by atoms with Crippen LogP contribution < -0.4 is 16.0 Å². The molecule has 0 aromatic heterocycles. The summed E-state index contributed by atoms with van der Waals surface area (Å²) in [6, 6.07) is 4.23. The minimum atomic E-state index is 1.10. The van der Waals surface area contributed by atoms with E-state index in [9.17, 15) is 0 Å². The quantitative estimate of drug-likeness (QED) is 0.727. The molecule has 0 spiro atoms. The van der Waals surface area contributed by atoms with Gasteiger partial charge in [-0.05, 0) is 25.5 Å². The van der Waals surface area contributed by atoms with E-state index in [1.165, 1.54) is 11.1 Å². The Morgan fingerprint density at radius 2 is 1.62 bits per heavy atom. The van der Waals surface area contributed by atoms with Gasteiger partial charge in [0.25, 0.3) is 0 Å². The molecule has 0 bridgehead atoms. The second-order valence-corrected chi connectivity index (χ2v) is 3.63. The first kappa shape index (κ1) is 12.4. The van der Waals surface area contributed by atoms with Crippen LogP contribution in [-0.4, -0.2) is 21.1 Å². The molecule has 1 aromatic carbocycles. The fourth-order valence-electron chi connectivity index (χ4n) is 1.81. The van der Waals surface area contributed by atoms with Crippen LogP contribution in [0.2, 0.25) is 0 Å². The largest absolute Gasteiger partial charge is 0.386 e. The SMILES string of the molecule is C/C=C(/C)c1ccc(NC)c(NC)c1NC. The molecule has 0 radical (unpaired) electrons. The molecule has 1 aromatic rings. The van der Waals surface area contributed by atoms with Gasteiger partial charge in [0, 0.05) is 26.7 Å². The van der Waals surface area contributed by atoms with Crippen LogP contribution in [-0.2, 0) is 0 Å². The molecule has 0 aliphatic rings. The minimum absolute atomic E-state index is 1.10. The van der Waals surface area contributed by atoms with E-state index in [0.29, 0.717) is 0 Å². The first-order chi connectivity index (χ1) is 7.69. The Labute approximate surface area is 97.9 Å². The van der Waals surface area contributed by atoms with Crippen LogP contribution in [0, 0.1) is 0 Å². The van der Waals surface area contributed by atoms with Gasteiger partial charge in [0.15, 0.2) is 0 Å².